The van der Waals surface area contributed by atoms with Crippen LogP contribution in [-0.2, 0) is 11.2 Å². The summed E-state index contributed by atoms with van der Waals surface area (Å²) in [5.74, 6) is -0.940. The largest absolute Gasteiger partial charge is 0.478 e. The predicted molar refractivity (Wildman–Crippen MR) is 111 cm³/mol. The number of likely N-dealkylation sites (tertiary alicyclic amines) is 1. The van der Waals surface area contributed by atoms with E-state index in [1.54, 1.807) is 24.3 Å². The summed E-state index contributed by atoms with van der Waals surface area (Å²) in [5.41, 5.74) is 2.42. The van der Waals surface area contributed by atoms with E-state index in [4.69, 9.17) is 14.8 Å². The summed E-state index contributed by atoms with van der Waals surface area (Å²) in [6.07, 6.45) is 3.35. The van der Waals surface area contributed by atoms with Crippen LogP contribution in [-0.4, -0.2) is 45.2 Å². The number of nitrogens with zero attached hydrogens (tertiary/aromatic N) is 2. The van der Waals surface area contributed by atoms with Gasteiger partial charge in [0, 0.05) is 23.8 Å². The Morgan fingerprint density at radius 3 is 2.55 bits per heavy atom. The first kappa shape index (κ1) is 20.8. The SMILES string of the molecule is CC(C)(C)OC(=O)N1CCCC1CCc1cccc(-c2ccc(C(=O)O)cc2)n1. The van der Waals surface area contributed by atoms with Crippen LogP contribution in [0.25, 0.3) is 11.3 Å². The number of ether oxygens (including phenoxy) is 1. The Bertz CT molecular complexity index is 871. The lowest BCUT2D eigenvalue weighted by Gasteiger charge is -2.28. The molecule has 29 heavy (non-hydrogen) atoms. The molecule has 1 aromatic carbocycles. The van der Waals surface area contributed by atoms with Gasteiger partial charge in [-0.3, -0.25) is 4.98 Å². The first-order valence-electron chi connectivity index (χ1n) is 10.0. The van der Waals surface area contributed by atoms with Crippen molar-refractivity contribution in [3.8, 4) is 11.3 Å². The van der Waals surface area contributed by atoms with E-state index in [0.29, 0.717) is 0 Å². The molecule has 0 spiro atoms. The van der Waals surface area contributed by atoms with Crippen LogP contribution in [0.1, 0.15) is 56.1 Å². The molecule has 2 heterocycles. The maximum absolute atomic E-state index is 12.4. The molecule has 1 amide bonds. The molecular weight excluding hydrogens is 368 g/mol. The van der Waals surface area contributed by atoms with Crippen LogP contribution in [0, 0.1) is 0 Å². The summed E-state index contributed by atoms with van der Waals surface area (Å²) in [6, 6.07) is 12.8. The molecule has 154 valence electrons. The number of aromatic carboxylic acids is 1. The molecule has 1 saturated heterocycles. The van der Waals surface area contributed by atoms with E-state index in [1.807, 2.05) is 43.9 Å². The lowest BCUT2D eigenvalue weighted by Crippen LogP contribution is -2.40. The van der Waals surface area contributed by atoms with Crippen LogP contribution >= 0.6 is 0 Å². The van der Waals surface area contributed by atoms with E-state index in [1.165, 1.54) is 0 Å². The number of aromatic nitrogens is 1. The van der Waals surface area contributed by atoms with Gasteiger partial charge in [-0.25, -0.2) is 9.59 Å². The standard InChI is InChI=1S/C23H28N2O4/c1-23(2,3)29-22(28)25-15-5-7-19(25)14-13-18-6-4-8-20(24-18)16-9-11-17(12-10-16)21(26)27/h4,6,8-12,19H,5,7,13-15H2,1-3H3,(H,26,27). The van der Waals surface area contributed by atoms with E-state index in [-0.39, 0.29) is 17.7 Å². The molecule has 2 aromatic rings. The smallest absolute Gasteiger partial charge is 0.410 e. The molecule has 1 aliphatic rings. The fourth-order valence-corrected chi connectivity index (χ4v) is 3.57. The van der Waals surface area contributed by atoms with E-state index in [0.717, 1.165) is 49.2 Å². The molecule has 1 N–H and O–H groups in total. The minimum Gasteiger partial charge on any atom is -0.478 e. The fourth-order valence-electron chi connectivity index (χ4n) is 3.57. The molecule has 6 heteroatoms. The maximum Gasteiger partial charge on any atom is 0.410 e. The highest BCUT2D eigenvalue weighted by atomic mass is 16.6. The normalized spacial score (nSPS) is 16.7. The molecule has 1 atom stereocenters. The van der Waals surface area contributed by atoms with Gasteiger partial charge in [0.1, 0.15) is 5.60 Å². The van der Waals surface area contributed by atoms with Crippen LogP contribution in [0.2, 0.25) is 0 Å². The van der Waals surface area contributed by atoms with Crippen molar-refractivity contribution in [3.05, 3.63) is 53.7 Å². The maximum atomic E-state index is 12.4. The van der Waals surface area contributed by atoms with Crippen LogP contribution in [0.5, 0.6) is 0 Å². The van der Waals surface area contributed by atoms with Gasteiger partial charge in [0.25, 0.3) is 0 Å². The zero-order chi connectivity index (χ0) is 21.0. The van der Waals surface area contributed by atoms with Crippen molar-refractivity contribution in [2.24, 2.45) is 0 Å². The van der Waals surface area contributed by atoms with Gasteiger partial charge >= 0.3 is 12.1 Å². The third-order valence-electron chi connectivity index (χ3n) is 4.97. The Hall–Kier alpha value is -2.89. The number of pyridine rings is 1. The Labute approximate surface area is 171 Å². The van der Waals surface area contributed by atoms with Gasteiger partial charge in [0.2, 0.25) is 0 Å². The third-order valence-corrected chi connectivity index (χ3v) is 4.97. The number of rotatable bonds is 5. The monoisotopic (exact) mass is 396 g/mol. The zero-order valence-corrected chi connectivity index (χ0v) is 17.2. The first-order valence-corrected chi connectivity index (χ1v) is 10.0. The molecule has 0 saturated carbocycles. The number of hydrogen-bond acceptors (Lipinski definition) is 4. The molecule has 1 fully saturated rings. The summed E-state index contributed by atoms with van der Waals surface area (Å²) in [7, 11) is 0. The van der Waals surface area contributed by atoms with Gasteiger partial charge in [0.15, 0.2) is 0 Å². The average molecular weight is 396 g/mol. The van der Waals surface area contributed by atoms with Gasteiger partial charge in [0.05, 0.1) is 11.3 Å². The number of carbonyl (C=O) groups is 2. The second-order valence-electron chi connectivity index (χ2n) is 8.41. The van der Waals surface area contributed by atoms with Crippen molar-refractivity contribution in [2.75, 3.05) is 6.54 Å². The van der Waals surface area contributed by atoms with E-state index in [9.17, 15) is 9.59 Å². The van der Waals surface area contributed by atoms with E-state index >= 15 is 0 Å². The highest BCUT2D eigenvalue weighted by Crippen LogP contribution is 2.25. The van der Waals surface area contributed by atoms with Gasteiger partial charge in [-0.2, -0.15) is 0 Å². The quantitative estimate of drug-likeness (QED) is 0.787. The van der Waals surface area contributed by atoms with Gasteiger partial charge in [-0.15, -0.1) is 0 Å². The topological polar surface area (TPSA) is 79.7 Å². The Balaban J connectivity index is 1.64. The molecule has 1 unspecified atom stereocenters. The Morgan fingerprint density at radius 2 is 1.90 bits per heavy atom. The number of amides is 1. The lowest BCUT2D eigenvalue weighted by molar-refractivity contribution is 0.0220. The summed E-state index contributed by atoms with van der Waals surface area (Å²) in [5, 5.41) is 9.03. The van der Waals surface area contributed by atoms with Gasteiger partial charge < -0.3 is 14.7 Å². The molecular formula is C23H28N2O4. The van der Waals surface area contributed by atoms with Crippen molar-refractivity contribution >= 4 is 12.1 Å². The van der Waals surface area contributed by atoms with Crippen LogP contribution in [0.4, 0.5) is 4.79 Å². The number of carboxylic acids is 1. The number of hydrogen-bond donors (Lipinski definition) is 1. The highest BCUT2D eigenvalue weighted by Gasteiger charge is 2.31. The van der Waals surface area contributed by atoms with Crippen molar-refractivity contribution in [1.29, 1.82) is 0 Å². The predicted octanol–water partition coefficient (Wildman–Crippen LogP) is 4.78. The van der Waals surface area contributed by atoms with Crippen LogP contribution in [0.3, 0.4) is 0 Å². The van der Waals surface area contributed by atoms with Crippen LogP contribution in [0.15, 0.2) is 42.5 Å². The highest BCUT2D eigenvalue weighted by molar-refractivity contribution is 5.88. The Kier molecular flexibility index (Phi) is 6.20. The number of benzene rings is 1. The van der Waals surface area contributed by atoms with Crippen molar-refractivity contribution in [2.45, 2.75) is 58.1 Å². The van der Waals surface area contributed by atoms with Crippen molar-refractivity contribution in [3.63, 3.8) is 0 Å². The lowest BCUT2D eigenvalue weighted by atomic mass is 10.1. The Morgan fingerprint density at radius 1 is 1.17 bits per heavy atom. The molecule has 0 bridgehead atoms. The number of carbonyl (C=O) groups excluding carboxylic acids is 1. The van der Waals surface area contributed by atoms with Crippen molar-refractivity contribution in [1.82, 2.24) is 9.88 Å². The average Bonchev–Trinajstić information content (AvgIpc) is 3.14. The van der Waals surface area contributed by atoms with Crippen LogP contribution < -0.4 is 0 Å². The minimum atomic E-state index is -0.940. The van der Waals surface area contributed by atoms with E-state index < -0.39 is 11.6 Å². The summed E-state index contributed by atoms with van der Waals surface area (Å²) in [4.78, 5) is 30.0. The van der Waals surface area contributed by atoms with Gasteiger partial charge in [-0.1, -0.05) is 18.2 Å². The zero-order valence-electron chi connectivity index (χ0n) is 17.2. The second kappa shape index (κ2) is 8.64. The minimum absolute atomic E-state index is 0.171. The summed E-state index contributed by atoms with van der Waals surface area (Å²) < 4.78 is 5.54. The van der Waals surface area contributed by atoms with E-state index in [2.05, 4.69) is 0 Å². The number of aryl methyl sites for hydroxylation is 1. The first-order chi connectivity index (χ1) is 13.7. The molecule has 1 aliphatic heterocycles. The molecule has 6 nitrogen and oxygen atoms in total. The molecule has 0 radical (unpaired) electrons. The molecule has 3 rings (SSSR count). The fraction of sp³-hybridized carbons (Fsp3) is 0.435. The summed E-state index contributed by atoms with van der Waals surface area (Å²) in [6.45, 7) is 6.39. The molecule has 1 aromatic heterocycles. The third kappa shape index (κ3) is 5.56. The number of carboxylic acid groups (broad SMARTS) is 1. The second-order valence-corrected chi connectivity index (χ2v) is 8.41. The summed E-state index contributed by atoms with van der Waals surface area (Å²) >= 11 is 0. The molecule has 0 aliphatic carbocycles. The van der Waals surface area contributed by atoms with Crippen molar-refractivity contribution < 1.29 is 19.4 Å². The van der Waals surface area contributed by atoms with Gasteiger partial charge in [-0.05, 0) is 70.7 Å².